The highest BCUT2D eigenvalue weighted by Gasteiger charge is 2.29. The molecule has 1 saturated carbocycles. The van der Waals surface area contributed by atoms with Gasteiger partial charge in [-0.2, -0.15) is 0 Å². The van der Waals surface area contributed by atoms with Crippen LogP contribution in [0.5, 0.6) is 0 Å². The van der Waals surface area contributed by atoms with E-state index in [9.17, 15) is 4.79 Å². The van der Waals surface area contributed by atoms with Crippen LogP contribution in [0.25, 0.3) is 0 Å². The highest BCUT2D eigenvalue weighted by Crippen LogP contribution is 2.26. The molecule has 1 heterocycles. The third-order valence-corrected chi connectivity index (χ3v) is 4.61. The van der Waals surface area contributed by atoms with E-state index in [1.165, 1.54) is 7.11 Å². The molecule has 0 radical (unpaired) electrons. The standard InChI is InChI=1S/C12H15BrN2O2S/c1-17-12(16)10(15-8-4-5-8)7-18-11-9(13)3-2-6-14-11/h2-3,6,8,10,15H,4-5,7H2,1H3. The first-order chi connectivity index (χ1) is 8.70. The van der Waals surface area contributed by atoms with Crippen molar-refractivity contribution in [2.24, 2.45) is 0 Å². The average Bonchev–Trinajstić information content (AvgIpc) is 3.19. The Kier molecular flexibility index (Phi) is 5.03. The van der Waals surface area contributed by atoms with Crippen LogP contribution in [0, 0.1) is 0 Å². The van der Waals surface area contributed by atoms with E-state index in [4.69, 9.17) is 4.74 Å². The summed E-state index contributed by atoms with van der Waals surface area (Å²) in [5.41, 5.74) is 0. The number of hydrogen-bond donors (Lipinski definition) is 1. The summed E-state index contributed by atoms with van der Waals surface area (Å²) in [5, 5.41) is 4.19. The van der Waals surface area contributed by atoms with Gasteiger partial charge in [-0.1, -0.05) is 0 Å². The summed E-state index contributed by atoms with van der Waals surface area (Å²) in [6, 6.07) is 4.02. The van der Waals surface area contributed by atoms with Crippen LogP contribution < -0.4 is 5.32 Å². The quantitative estimate of drug-likeness (QED) is 0.640. The Labute approximate surface area is 119 Å². The first-order valence-electron chi connectivity index (χ1n) is 5.78. The van der Waals surface area contributed by atoms with Gasteiger partial charge < -0.3 is 10.1 Å². The van der Waals surface area contributed by atoms with E-state index in [-0.39, 0.29) is 12.0 Å². The van der Waals surface area contributed by atoms with Gasteiger partial charge in [0, 0.05) is 22.5 Å². The predicted octanol–water partition coefficient (Wildman–Crippen LogP) is 2.23. The van der Waals surface area contributed by atoms with Crippen molar-refractivity contribution in [2.45, 2.75) is 30.0 Å². The van der Waals surface area contributed by atoms with Crippen molar-refractivity contribution in [3.05, 3.63) is 22.8 Å². The zero-order valence-corrected chi connectivity index (χ0v) is 12.5. The van der Waals surface area contributed by atoms with Gasteiger partial charge in [0.25, 0.3) is 0 Å². The summed E-state index contributed by atoms with van der Waals surface area (Å²) in [6.45, 7) is 0. The summed E-state index contributed by atoms with van der Waals surface area (Å²) in [4.78, 5) is 15.9. The van der Waals surface area contributed by atoms with Crippen LogP contribution >= 0.6 is 27.7 Å². The number of rotatable bonds is 6. The van der Waals surface area contributed by atoms with Gasteiger partial charge in [0.1, 0.15) is 11.1 Å². The van der Waals surface area contributed by atoms with Crippen molar-refractivity contribution in [3.8, 4) is 0 Å². The first kappa shape index (κ1) is 13.8. The van der Waals surface area contributed by atoms with Gasteiger partial charge in [0.2, 0.25) is 0 Å². The van der Waals surface area contributed by atoms with Crippen LogP contribution in [-0.2, 0) is 9.53 Å². The van der Waals surface area contributed by atoms with Crippen LogP contribution in [0.15, 0.2) is 27.8 Å². The smallest absolute Gasteiger partial charge is 0.323 e. The number of carbonyl (C=O) groups excluding carboxylic acids is 1. The highest BCUT2D eigenvalue weighted by molar-refractivity contribution is 9.10. The lowest BCUT2D eigenvalue weighted by Gasteiger charge is -2.15. The van der Waals surface area contributed by atoms with Gasteiger partial charge in [-0.15, -0.1) is 11.8 Å². The molecule has 1 N–H and O–H groups in total. The monoisotopic (exact) mass is 330 g/mol. The molecule has 1 aliphatic rings. The van der Waals surface area contributed by atoms with Gasteiger partial charge in [-0.3, -0.25) is 4.79 Å². The maximum absolute atomic E-state index is 11.7. The molecular weight excluding hydrogens is 316 g/mol. The third-order valence-electron chi connectivity index (χ3n) is 2.61. The lowest BCUT2D eigenvalue weighted by Crippen LogP contribution is -2.41. The second-order valence-corrected chi connectivity index (χ2v) is 5.98. The molecule has 98 valence electrons. The van der Waals surface area contributed by atoms with Crippen molar-refractivity contribution in [2.75, 3.05) is 12.9 Å². The van der Waals surface area contributed by atoms with E-state index >= 15 is 0 Å². The van der Waals surface area contributed by atoms with Crippen LogP contribution in [0.4, 0.5) is 0 Å². The molecule has 4 nitrogen and oxygen atoms in total. The summed E-state index contributed by atoms with van der Waals surface area (Å²) in [5.74, 6) is 0.417. The maximum Gasteiger partial charge on any atom is 0.323 e. The number of thioether (sulfide) groups is 1. The normalized spacial score (nSPS) is 16.3. The summed E-state index contributed by atoms with van der Waals surface area (Å²) in [7, 11) is 1.42. The van der Waals surface area contributed by atoms with E-state index in [0.29, 0.717) is 11.8 Å². The minimum atomic E-state index is -0.263. The first-order valence-corrected chi connectivity index (χ1v) is 7.55. The second-order valence-electron chi connectivity index (χ2n) is 4.12. The van der Waals surface area contributed by atoms with Gasteiger partial charge in [-0.05, 0) is 40.9 Å². The predicted molar refractivity (Wildman–Crippen MR) is 74.6 cm³/mol. The van der Waals surface area contributed by atoms with Crippen molar-refractivity contribution >= 4 is 33.7 Å². The molecule has 0 spiro atoms. The largest absolute Gasteiger partial charge is 0.468 e. The van der Waals surface area contributed by atoms with Crippen LogP contribution in [0.3, 0.4) is 0 Å². The molecule has 1 fully saturated rings. The van der Waals surface area contributed by atoms with Crippen LogP contribution in [0.1, 0.15) is 12.8 Å². The number of methoxy groups -OCH3 is 1. The summed E-state index contributed by atoms with van der Waals surface area (Å²) >= 11 is 4.99. The molecule has 1 atom stereocenters. The third kappa shape index (κ3) is 3.96. The Morgan fingerprint density at radius 2 is 2.50 bits per heavy atom. The van der Waals surface area contributed by atoms with Crippen molar-refractivity contribution < 1.29 is 9.53 Å². The lowest BCUT2D eigenvalue weighted by atomic mass is 10.3. The molecule has 1 aliphatic carbocycles. The Morgan fingerprint density at radius 1 is 1.72 bits per heavy atom. The molecule has 0 bridgehead atoms. The van der Waals surface area contributed by atoms with Gasteiger partial charge in [0.15, 0.2) is 0 Å². The fourth-order valence-electron chi connectivity index (χ4n) is 1.50. The molecule has 0 saturated heterocycles. The molecule has 0 aromatic carbocycles. The number of nitrogens with zero attached hydrogens (tertiary/aromatic N) is 1. The number of ether oxygens (including phenoxy) is 1. The number of aromatic nitrogens is 1. The molecule has 6 heteroatoms. The Bertz CT molecular complexity index is 426. The van der Waals surface area contributed by atoms with E-state index in [0.717, 1.165) is 22.3 Å². The van der Waals surface area contributed by atoms with E-state index < -0.39 is 0 Å². The molecule has 0 aliphatic heterocycles. The topological polar surface area (TPSA) is 51.2 Å². The number of esters is 1. The van der Waals surface area contributed by atoms with Gasteiger partial charge >= 0.3 is 5.97 Å². The zero-order valence-electron chi connectivity index (χ0n) is 10.1. The van der Waals surface area contributed by atoms with Crippen molar-refractivity contribution in [3.63, 3.8) is 0 Å². The molecule has 1 unspecified atom stereocenters. The highest BCUT2D eigenvalue weighted by atomic mass is 79.9. The molecule has 1 aromatic rings. The van der Waals surface area contributed by atoms with Crippen LogP contribution in [-0.4, -0.2) is 35.9 Å². The number of pyridine rings is 1. The number of halogens is 1. The van der Waals surface area contributed by atoms with E-state index in [1.807, 2.05) is 12.1 Å². The fraction of sp³-hybridized carbons (Fsp3) is 0.500. The fourth-order valence-corrected chi connectivity index (χ4v) is 3.00. The van der Waals surface area contributed by atoms with Crippen LogP contribution in [0.2, 0.25) is 0 Å². The minimum Gasteiger partial charge on any atom is -0.468 e. The van der Waals surface area contributed by atoms with E-state index in [1.54, 1.807) is 18.0 Å². The maximum atomic E-state index is 11.7. The average molecular weight is 331 g/mol. The lowest BCUT2D eigenvalue weighted by molar-refractivity contribution is -0.142. The SMILES string of the molecule is COC(=O)C(CSc1ncccc1Br)NC1CC1. The molecule has 18 heavy (non-hydrogen) atoms. The molecule has 1 aromatic heterocycles. The van der Waals surface area contributed by atoms with E-state index in [2.05, 4.69) is 26.2 Å². The summed E-state index contributed by atoms with van der Waals surface area (Å²) < 4.78 is 5.76. The molecule has 0 amide bonds. The minimum absolute atomic E-state index is 0.207. The Hall–Kier alpha value is -0.590. The molecule has 2 rings (SSSR count). The zero-order chi connectivity index (χ0) is 13.0. The Morgan fingerprint density at radius 3 is 3.11 bits per heavy atom. The summed E-state index contributed by atoms with van der Waals surface area (Å²) in [6.07, 6.45) is 4.03. The molecular formula is C12H15BrN2O2S. The Balaban J connectivity index is 1.92. The van der Waals surface area contributed by atoms with Crippen molar-refractivity contribution in [1.82, 2.24) is 10.3 Å². The van der Waals surface area contributed by atoms with Gasteiger partial charge in [0.05, 0.1) is 7.11 Å². The second kappa shape index (κ2) is 6.54. The van der Waals surface area contributed by atoms with Gasteiger partial charge in [-0.25, -0.2) is 4.98 Å². The number of nitrogens with one attached hydrogen (secondary N) is 1. The van der Waals surface area contributed by atoms with Crippen molar-refractivity contribution in [1.29, 1.82) is 0 Å². The number of hydrogen-bond acceptors (Lipinski definition) is 5. The number of carbonyl (C=O) groups is 1.